The highest BCUT2D eigenvalue weighted by molar-refractivity contribution is 5.93. The molecule has 3 rings (SSSR count). The van der Waals surface area contributed by atoms with Crippen molar-refractivity contribution in [2.24, 2.45) is 5.92 Å². The predicted octanol–water partition coefficient (Wildman–Crippen LogP) is 4.43. The molecule has 9 heteroatoms. The lowest BCUT2D eigenvalue weighted by atomic mass is 9.98. The molecule has 9 nitrogen and oxygen atoms in total. The van der Waals surface area contributed by atoms with Gasteiger partial charge in [0.1, 0.15) is 29.2 Å². The van der Waals surface area contributed by atoms with E-state index in [0.29, 0.717) is 17.5 Å². The van der Waals surface area contributed by atoms with Crippen LogP contribution in [0.15, 0.2) is 48.5 Å². The zero-order valence-corrected chi connectivity index (χ0v) is 23.8. The van der Waals surface area contributed by atoms with Crippen LogP contribution in [0.2, 0.25) is 0 Å². The van der Waals surface area contributed by atoms with Gasteiger partial charge in [0.25, 0.3) is 0 Å². The molecule has 4 N–H and O–H groups in total. The van der Waals surface area contributed by atoms with Crippen LogP contribution in [0.3, 0.4) is 0 Å². The summed E-state index contributed by atoms with van der Waals surface area (Å²) in [6, 6.07) is 10.4. The number of phenolic OH excluding ortho intramolecular Hbond substituents is 2. The molecule has 2 aromatic carbocycles. The number of phenols is 2. The number of ether oxygens (including phenoxy) is 1. The fourth-order valence-electron chi connectivity index (χ4n) is 4.44. The van der Waals surface area contributed by atoms with Crippen LogP contribution in [0.4, 0.5) is 4.79 Å². The maximum absolute atomic E-state index is 14.4. The molecule has 2 aromatic rings. The highest BCUT2D eigenvalue weighted by Crippen LogP contribution is 2.42. The van der Waals surface area contributed by atoms with E-state index in [1.165, 1.54) is 23.1 Å². The molecule has 4 unspecified atom stereocenters. The highest BCUT2D eigenvalue weighted by atomic mass is 16.6. The Labute approximate surface area is 230 Å². The summed E-state index contributed by atoms with van der Waals surface area (Å²) < 4.78 is 5.45. The Morgan fingerprint density at radius 1 is 1.00 bits per heavy atom. The van der Waals surface area contributed by atoms with Crippen LogP contribution < -0.4 is 10.6 Å². The van der Waals surface area contributed by atoms with Gasteiger partial charge in [0, 0.05) is 23.6 Å². The Morgan fingerprint density at radius 3 is 2.10 bits per heavy atom. The van der Waals surface area contributed by atoms with Crippen molar-refractivity contribution < 1.29 is 29.3 Å². The van der Waals surface area contributed by atoms with Crippen LogP contribution in [-0.4, -0.2) is 56.2 Å². The largest absolute Gasteiger partial charge is 0.508 e. The molecule has 1 saturated carbocycles. The van der Waals surface area contributed by atoms with E-state index in [9.17, 15) is 24.6 Å². The molecule has 1 aliphatic rings. The van der Waals surface area contributed by atoms with Crippen molar-refractivity contribution in [2.75, 3.05) is 0 Å². The molecule has 0 saturated heterocycles. The molecular weight excluding hydrogens is 498 g/mol. The molecule has 0 spiro atoms. The number of rotatable bonds is 8. The normalized spacial score (nSPS) is 18.4. The first-order valence-corrected chi connectivity index (χ1v) is 13.3. The summed E-state index contributed by atoms with van der Waals surface area (Å²) >= 11 is 0. The van der Waals surface area contributed by atoms with Gasteiger partial charge in [0.05, 0.1) is 0 Å². The van der Waals surface area contributed by atoms with Crippen LogP contribution in [0, 0.1) is 5.92 Å². The lowest BCUT2D eigenvalue weighted by molar-refractivity contribution is -0.144. The third kappa shape index (κ3) is 8.37. The van der Waals surface area contributed by atoms with E-state index in [1.807, 2.05) is 27.7 Å². The molecule has 0 bridgehead atoms. The van der Waals surface area contributed by atoms with Crippen LogP contribution in [0.5, 0.6) is 11.5 Å². The number of benzene rings is 2. The lowest BCUT2D eigenvalue weighted by Crippen LogP contribution is -2.56. The molecule has 4 atom stereocenters. The minimum Gasteiger partial charge on any atom is -0.508 e. The number of carbonyl (C=O) groups is 3. The lowest BCUT2D eigenvalue weighted by Gasteiger charge is -2.36. The van der Waals surface area contributed by atoms with Gasteiger partial charge in [-0.15, -0.1) is 0 Å². The van der Waals surface area contributed by atoms with Gasteiger partial charge in [0.2, 0.25) is 11.8 Å². The third-order valence-corrected chi connectivity index (χ3v) is 6.30. The summed E-state index contributed by atoms with van der Waals surface area (Å²) in [6.07, 6.45) is 0.0168. The first-order valence-electron chi connectivity index (χ1n) is 13.3. The summed E-state index contributed by atoms with van der Waals surface area (Å²) in [5.74, 6) is -0.806. The summed E-state index contributed by atoms with van der Waals surface area (Å²) in [5.41, 5.74) is -0.382. The SMILES string of the molecule is CC1CC1N(C(=O)C(Cc1ccc(O)cc1)NC(=O)OC(C)(C)C)C(C(=O)NC(C)(C)C)c1ccccc1O. The van der Waals surface area contributed by atoms with E-state index in [1.54, 1.807) is 51.1 Å². The summed E-state index contributed by atoms with van der Waals surface area (Å²) in [6.45, 7) is 12.7. The van der Waals surface area contributed by atoms with Crippen LogP contribution in [0.25, 0.3) is 0 Å². The van der Waals surface area contributed by atoms with E-state index in [-0.39, 0.29) is 29.9 Å². The minimum atomic E-state index is -1.13. The number of aromatic hydroxyl groups is 2. The number of para-hydroxylation sites is 1. The predicted molar refractivity (Wildman–Crippen MR) is 148 cm³/mol. The quantitative estimate of drug-likeness (QED) is 0.393. The molecule has 39 heavy (non-hydrogen) atoms. The van der Waals surface area contributed by atoms with Gasteiger partial charge in [-0.05, 0) is 77.6 Å². The number of carbonyl (C=O) groups excluding carboxylic acids is 3. The van der Waals surface area contributed by atoms with E-state index in [4.69, 9.17) is 4.74 Å². The topological polar surface area (TPSA) is 128 Å². The Kier molecular flexibility index (Phi) is 8.83. The Bertz CT molecular complexity index is 1180. The molecule has 1 aliphatic carbocycles. The second kappa shape index (κ2) is 11.6. The maximum atomic E-state index is 14.4. The second-order valence-corrected chi connectivity index (χ2v) is 12.3. The molecule has 0 aromatic heterocycles. The van der Waals surface area contributed by atoms with E-state index in [2.05, 4.69) is 10.6 Å². The van der Waals surface area contributed by atoms with Crippen molar-refractivity contribution >= 4 is 17.9 Å². The standard InChI is InChI=1S/C30H41N3O6/c1-18-16-23(18)33(25(26(36)32-29(2,3)4)21-10-8-9-11-24(21)35)27(37)22(31-28(38)39-30(5,6)7)17-19-12-14-20(34)15-13-19/h8-15,18,22-23,25,34-35H,16-17H2,1-7H3,(H,31,38)(H,32,36). The zero-order chi connectivity index (χ0) is 29.1. The summed E-state index contributed by atoms with van der Waals surface area (Å²) in [5, 5.41) is 26.2. The van der Waals surface area contributed by atoms with Crippen LogP contribution >= 0.6 is 0 Å². The smallest absolute Gasteiger partial charge is 0.408 e. The number of nitrogens with zero attached hydrogens (tertiary/aromatic N) is 1. The fourth-order valence-corrected chi connectivity index (χ4v) is 4.44. The van der Waals surface area contributed by atoms with Gasteiger partial charge in [-0.3, -0.25) is 9.59 Å². The van der Waals surface area contributed by atoms with Gasteiger partial charge in [-0.2, -0.15) is 0 Å². The van der Waals surface area contributed by atoms with Crippen molar-refractivity contribution in [1.82, 2.24) is 15.5 Å². The van der Waals surface area contributed by atoms with Crippen LogP contribution in [0.1, 0.15) is 72.1 Å². The first kappa shape index (κ1) is 29.8. The Morgan fingerprint density at radius 2 is 1.59 bits per heavy atom. The van der Waals surface area contributed by atoms with Crippen molar-refractivity contribution in [2.45, 2.75) is 90.6 Å². The first-order chi connectivity index (χ1) is 18.1. The van der Waals surface area contributed by atoms with Gasteiger partial charge in [0.15, 0.2) is 0 Å². The average Bonchev–Trinajstić information content (AvgIpc) is 3.52. The van der Waals surface area contributed by atoms with E-state index >= 15 is 0 Å². The molecule has 3 amide bonds. The van der Waals surface area contributed by atoms with Gasteiger partial charge in [-0.25, -0.2) is 4.79 Å². The molecule has 0 radical (unpaired) electrons. The van der Waals surface area contributed by atoms with Gasteiger partial charge in [-0.1, -0.05) is 37.3 Å². The zero-order valence-electron chi connectivity index (χ0n) is 23.8. The number of hydrogen-bond acceptors (Lipinski definition) is 6. The average molecular weight is 540 g/mol. The number of alkyl carbamates (subject to hydrolysis) is 1. The molecule has 212 valence electrons. The maximum Gasteiger partial charge on any atom is 0.408 e. The van der Waals surface area contributed by atoms with Crippen LogP contribution in [-0.2, 0) is 20.7 Å². The third-order valence-electron chi connectivity index (χ3n) is 6.30. The van der Waals surface area contributed by atoms with Gasteiger partial charge < -0.3 is 30.5 Å². The monoisotopic (exact) mass is 539 g/mol. The fraction of sp³-hybridized carbons (Fsp3) is 0.500. The van der Waals surface area contributed by atoms with Gasteiger partial charge >= 0.3 is 6.09 Å². The van der Waals surface area contributed by atoms with Crippen molar-refractivity contribution in [1.29, 1.82) is 0 Å². The van der Waals surface area contributed by atoms with Crippen molar-refractivity contribution in [3.05, 3.63) is 59.7 Å². The minimum absolute atomic E-state index is 0.0774. The van der Waals surface area contributed by atoms with E-state index < -0.39 is 41.1 Å². The molecule has 0 aliphatic heterocycles. The molecule has 1 fully saturated rings. The number of amides is 3. The molecular formula is C30H41N3O6. The molecule has 0 heterocycles. The Balaban J connectivity index is 2.07. The number of hydrogen-bond donors (Lipinski definition) is 4. The van der Waals surface area contributed by atoms with E-state index in [0.717, 1.165) is 0 Å². The summed E-state index contributed by atoms with van der Waals surface area (Å²) in [7, 11) is 0. The Hall–Kier alpha value is -3.75. The van der Waals surface area contributed by atoms with Crippen molar-refractivity contribution in [3.8, 4) is 11.5 Å². The second-order valence-electron chi connectivity index (χ2n) is 12.3. The highest BCUT2D eigenvalue weighted by Gasteiger charge is 2.49. The van der Waals surface area contributed by atoms with Crippen molar-refractivity contribution in [3.63, 3.8) is 0 Å². The number of nitrogens with one attached hydrogen (secondary N) is 2. The summed E-state index contributed by atoms with van der Waals surface area (Å²) in [4.78, 5) is 42.5.